The number of benzene rings is 7. The Hall–Kier alpha value is -6.43. The van der Waals surface area contributed by atoms with Crippen LogP contribution in [0.3, 0.4) is 0 Å². The monoisotopic (exact) mass is 657 g/mol. The molecule has 0 N–H and O–H groups in total. The number of furan rings is 1. The Morgan fingerprint density at radius 3 is 1.78 bits per heavy atom. The number of hydrogen-bond donors (Lipinski definition) is 0. The minimum absolute atomic E-state index is 0.629. The van der Waals surface area contributed by atoms with Crippen LogP contribution >= 0.6 is 11.3 Å². The van der Waals surface area contributed by atoms with Crippen molar-refractivity contribution in [2.45, 2.75) is 0 Å². The van der Waals surface area contributed by atoms with Crippen molar-refractivity contribution >= 4 is 53.4 Å². The van der Waals surface area contributed by atoms with Crippen molar-refractivity contribution in [3.8, 4) is 56.4 Å². The first-order valence-electron chi connectivity index (χ1n) is 16.6. The van der Waals surface area contributed by atoms with E-state index in [0.29, 0.717) is 17.5 Å². The van der Waals surface area contributed by atoms with E-state index in [1.54, 1.807) is 11.3 Å². The smallest absolute Gasteiger partial charge is 0.165 e. The summed E-state index contributed by atoms with van der Waals surface area (Å²) in [5, 5.41) is 4.69. The molecule has 10 aromatic rings. The predicted octanol–water partition coefficient (Wildman–Crippen LogP) is 12.5. The Balaban J connectivity index is 1.16. The summed E-state index contributed by atoms with van der Waals surface area (Å²) in [5.41, 5.74) is 9.07. The lowest BCUT2D eigenvalue weighted by atomic mass is 9.98. The molecule has 234 valence electrons. The fourth-order valence-electron chi connectivity index (χ4n) is 7.03. The van der Waals surface area contributed by atoms with Crippen molar-refractivity contribution < 1.29 is 4.42 Å². The van der Waals surface area contributed by atoms with Gasteiger partial charge in [-0.3, -0.25) is 0 Å². The average molecular weight is 658 g/mol. The van der Waals surface area contributed by atoms with Gasteiger partial charge in [-0.1, -0.05) is 140 Å². The molecule has 4 nitrogen and oxygen atoms in total. The third kappa shape index (κ3) is 4.71. The van der Waals surface area contributed by atoms with E-state index in [1.165, 1.54) is 20.2 Å². The van der Waals surface area contributed by atoms with Crippen LogP contribution in [0.1, 0.15) is 0 Å². The molecule has 0 aliphatic rings. The van der Waals surface area contributed by atoms with Crippen LogP contribution in [-0.4, -0.2) is 15.0 Å². The second kappa shape index (κ2) is 11.6. The van der Waals surface area contributed by atoms with Gasteiger partial charge in [-0.2, -0.15) is 0 Å². The molecule has 7 aromatic carbocycles. The zero-order valence-electron chi connectivity index (χ0n) is 26.7. The molecule has 0 spiro atoms. The lowest BCUT2D eigenvalue weighted by molar-refractivity contribution is 0.669. The first-order chi connectivity index (χ1) is 24.8. The molecule has 0 radical (unpaired) electrons. The Morgan fingerprint density at radius 1 is 0.360 bits per heavy atom. The van der Waals surface area contributed by atoms with Gasteiger partial charge in [0, 0.05) is 47.6 Å². The maximum atomic E-state index is 6.18. The minimum atomic E-state index is 0.629. The van der Waals surface area contributed by atoms with Crippen LogP contribution in [0.5, 0.6) is 0 Å². The van der Waals surface area contributed by atoms with Crippen LogP contribution in [0.4, 0.5) is 0 Å². The summed E-state index contributed by atoms with van der Waals surface area (Å²) in [6, 6.07) is 56.7. The Labute approximate surface area is 292 Å². The Kier molecular flexibility index (Phi) is 6.64. The number of nitrogens with zero attached hydrogens (tertiary/aromatic N) is 3. The van der Waals surface area contributed by atoms with E-state index in [0.717, 1.165) is 60.9 Å². The van der Waals surface area contributed by atoms with Gasteiger partial charge in [0.25, 0.3) is 0 Å². The summed E-state index contributed by atoms with van der Waals surface area (Å²) < 4.78 is 8.60. The van der Waals surface area contributed by atoms with E-state index >= 15 is 0 Å². The summed E-state index contributed by atoms with van der Waals surface area (Å²) in [4.78, 5) is 15.5. The van der Waals surface area contributed by atoms with Crippen molar-refractivity contribution in [2.75, 3.05) is 0 Å². The van der Waals surface area contributed by atoms with Gasteiger partial charge in [0.1, 0.15) is 11.2 Å². The molecule has 0 unspecified atom stereocenters. The Bertz CT molecular complexity index is 2870. The number of para-hydroxylation sites is 1. The standard InChI is InChI=1S/C45H27N3OS/c1-2-12-28(13-3-1)31-14-4-5-16-35(31)44-46-43(47-45(48-44)37-20-10-19-34-33-15-7-9-23-40(33)50-42(34)37)30-26-24-29(25-27-30)32-18-11-22-39-41(32)36-17-6-8-21-38(36)49-39/h1-27H. The highest BCUT2D eigenvalue weighted by Crippen LogP contribution is 2.41. The van der Waals surface area contributed by atoms with Crippen LogP contribution < -0.4 is 0 Å². The van der Waals surface area contributed by atoms with Crippen molar-refractivity contribution in [2.24, 2.45) is 0 Å². The SMILES string of the molecule is c1ccc(-c2ccccc2-c2nc(-c3ccc(-c4cccc5oc6ccccc6c45)cc3)nc(-c3cccc4c3sc3ccccc34)n2)cc1. The van der Waals surface area contributed by atoms with Gasteiger partial charge < -0.3 is 4.42 Å². The van der Waals surface area contributed by atoms with Gasteiger partial charge in [0.05, 0.1) is 0 Å². The molecule has 0 saturated carbocycles. The molecule has 0 bridgehead atoms. The first kappa shape index (κ1) is 28.6. The van der Waals surface area contributed by atoms with Crippen LogP contribution in [-0.2, 0) is 0 Å². The van der Waals surface area contributed by atoms with E-state index in [4.69, 9.17) is 19.4 Å². The normalized spacial score (nSPS) is 11.6. The minimum Gasteiger partial charge on any atom is -0.456 e. The molecule has 3 heterocycles. The average Bonchev–Trinajstić information content (AvgIpc) is 3.77. The Morgan fingerprint density at radius 2 is 0.920 bits per heavy atom. The van der Waals surface area contributed by atoms with E-state index in [9.17, 15) is 0 Å². The molecule has 0 atom stereocenters. The second-order valence-electron chi connectivity index (χ2n) is 12.4. The molecular weight excluding hydrogens is 631 g/mol. The predicted molar refractivity (Wildman–Crippen MR) is 207 cm³/mol. The highest BCUT2D eigenvalue weighted by molar-refractivity contribution is 7.26. The molecule has 0 aliphatic carbocycles. The van der Waals surface area contributed by atoms with Gasteiger partial charge >= 0.3 is 0 Å². The number of thiophene rings is 1. The molecule has 0 saturated heterocycles. The van der Waals surface area contributed by atoms with Crippen molar-refractivity contribution in [3.05, 3.63) is 164 Å². The lowest BCUT2D eigenvalue weighted by Crippen LogP contribution is -2.01. The molecule has 0 fully saturated rings. The molecule has 0 amide bonds. The maximum absolute atomic E-state index is 6.18. The van der Waals surface area contributed by atoms with Gasteiger partial charge in [-0.25, -0.2) is 15.0 Å². The summed E-state index contributed by atoms with van der Waals surface area (Å²) in [6.07, 6.45) is 0. The largest absolute Gasteiger partial charge is 0.456 e. The molecule has 10 rings (SSSR count). The van der Waals surface area contributed by atoms with Crippen LogP contribution in [0.2, 0.25) is 0 Å². The first-order valence-corrected chi connectivity index (χ1v) is 17.4. The third-order valence-corrected chi connectivity index (χ3v) is 10.6. The molecule has 3 aromatic heterocycles. The zero-order valence-corrected chi connectivity index (χ0v) is 27.6. The third-order valence-electron chi connectivity index (χ3n) is 9.39. The van der Waals surface area contributed by atoms with Gasteiger partial charge in [-0.05, 0) is 46.5 Å². The topological polar surface area (TPSA) is 51.8 Å². The summed E-state index contributed by atoms with van der Waals surface area (Å²) >= 11 is 1.78. The van der Waals surface area contributed by atoms with Gasteiger partial charge in [-0.15, -0.1) is 11.3 Å². The molecule has 5 heteroatoms. The number of aromatic nitrogens is 3. The number of rotatable bonds is 5. The van der Waals surface area contributed by atoms with Crippen LogP contribution in [0.25, 0.3) is 98.5 Å². The molecule has 0 aliphatic heterocycles. The lowest BCUT2D eigenvalue weighted by Gasteiger charge is -2.12. The number of hydrogen-bond acceptors (Lipinski definition) is 5. The number of fused-ring (bicyclic) bond motifs is 6. The van der Waals surface area contributed by atoms with Crippen molar-refractivity contribution in [3.63, 3.8) is 0 Å². The summed E-state index contributed by atoms with van der Waals surface area (Å²) in [7, 11) is 0. The maximum Gasteiger partial charge on any atom is 0.165 e. The summed E-state index contributed by atoms with van der Waals surface area (Å²) in [5.74, 6) is 1.93. The highest BCUT2D eigenvalue weighted by atomic mass is 32.1. The van der Waals surface area contributed by atoms with Crippen molar-refractivity contribution in [1.82, 2.24) is 15.0 Å². The van der Waals surface area contributed by atoms with Crippen LogP contribution in [0.15, 0.2) is 168 Å². The van der Waals surface area contributed by atoms with Crippen molar-refractivity contribution in [1.29, 1.82) is 0 Å². The fourth-order valence-corrected chi connectivity index (χ4v) is 8.24. The van der Waals surface area contributed by atoms with Gasteiger partial charge in [0.15, 0.2) is 17.5 Å². The van der Waals surface area contributed by atoms with E-state index < -0.39 is 0 Å². The quantitative estimate of drug-likeness (QED) is 0.185. The van der Waals surface area contributed by atoms with E-state index in [-0.39, 0.29) is 0 Å². The fraction of sp³-hybridized carbons (Fsp3) is 0. The van der Waals surface area contributed by atoms with E-state index in [2.05, 4.69) is 133 Å². The highest BCUT2D eigenvalue weighted by Gasteiger charge is 2.19. The molecule has 50 heavy (non-hydrogen) atoms. The zero-order chi connectivity index (χ0) is 33.0. The second-order valence-corrected chi connectivity index (χ2v) is 13.4. The summed E-state index contributed by atoms with van der Waals surface area (Å²) in [6.45, 7) is 0. The van der Waals surface area contributed by atoms with E-state index in [1.807, 2.05) is 30.3 Å². The van der Waals surface area contributed by atoms with Crippen LogP contribution in [0, 0.1) is 0 Å². The van der Waals surface area contributed by atoms with Gasteiger partial charge in [0.2, 0.25) is 0 Å². The molecular formula is C45H27N3OS.